The van der Waals surface area contributed by atoms with Crippen LogP contribution in [0.5, 0.6) is 11.5 Å². The molecule has 0 N–H and O–H groups in total. The summed E-state index contributed by atoms with van der Waals surface area (Å²) in [6.07, 6.45) is 0.661. The molecule has 0 aromatic heterocycles. The lowest BCUT2D eigenvalue weighted by Crippen LogP contribution is -2.40. The molecule has 2 heterocycles. The zero-order chi connectivity index (χ0) is 27.4. The SMILES string of the molecule is CC[C@@H]1SC2=NC(C)=C(C(=O)OCc3ccccc3)[C@@H](c3ccc(OCc4ccccc4)c(OC)c3)N2C1=O. The molecule has 3 aromatic rings. The van der Waals surface area contributed by atoms with Crippen LogP contribution in [-0.4, -0.2) is 34.3 Å². The Balaban J connectivity index is 1.48. The van der Waals surface area contributed by atoms with Crippen LogP contribution in [0, 0.1) is 0 Å². The molecular weight excluding hydrogens is 512 g/mol. The Bertz CT molecular complexity index is 1420. The number of esters is 1. The first-order valence-corrected chi connectivity index (χ1v) is 13.7. The molecule has 1 amide bonds. The van der Waals surface area contributed by atoms with Crippen LogP contribution in [0.15, 0.2) is 95.1 Å². The molecule has 8 heteroatoms. The predicted molar refractivity (Wildman–Crippen MR) is 151 cm³/mol. The largest absolute Gasteiger partial charge is 0.493 e. The summed E-state index contributed by atoms with van der Waals surface area (Å²) in [4.78, 5) is 33.3. The topological polar surface area (TPSA) is 77.4 Å². The Hall–Kier alpha value is -4.04. The highest BCUT2D eigenvalue weighted by Gasteiger charge is 2.47. The summed E-state index contributed by atoms with van der Waals surface area (Å²) in [6, 6.07) is 24.2. The Morgan fingerprint density at radius 3 is 2.26 bits per heavy atom. The van der Waals surface area contributed by atoms with E-state index < -0.39 is 12.0 Å². The third-order valence-electron chi connectivity index (χ3n) is 6.70. The van der Waals surface area contributed by atoms with Gasteiger partial charge in [0.05, 0.1) is 29.7 Å². The van der Waals surface area contributed by atoms with E-state index in [9.17, 15) is 9.59 Å². The highest BCUT2D eigenvalue weighted by Crippen LogP contribution is 2.45. The summed E-state index contributed by atoms with van der Waals surface area (Å²) in [5, 5.41) is 0.339. The number of amidine groups is 1. The number of carbonyl (C=O) groups excluding carboxylic acids is 2. The van der Waals surface area contributed by atoms with Gasteiger partial charge in [0.2, 0.25) is 5.91 Å². The fourth-order valence-electron chi connectivity index (χ4n) is 4.68. The zero-order valence-electron chi connectivity index (χ0n) is 22.1. The van der Waals surface area contributed by atoms with Crippen molar-refractivity contribution in [3.8, 4) is 11.5 Å². The number of aliphatic imine (C=N–C) groups is 1. The van der Waals surface area contributed by atoms with Gasteiger partial charge in [0.15, 0.2) is 16.7 Å². The van der Waals surface area contributed by atoms with Crippen molar-refractivity contribution >= 4 is 28.8 Å². The molecule has 5 rings (SSSR count). The lowest BCUT2D eigenvalue weighted by atomic mass is 9.93. The number of thioether (sulfide) groups is 1. The van der Waals surface area contributed by atoms with Gasteiger partial charge >= 0.3 is 5.97 Å². The molecule has 2 atom stereocenters. The number of hydrogen-bond donors (Lipinski definition) is 0. The van der Waals surface area contributed by atoms with Crippen LogP contribution in [0.2, 0.25) is 0 Å². The standard InChI is InChI=1S/C31H30N2O5S/c1-4-26-29(34)33-28(23-15-16-24(25(17-23)36-3)37-18-21-11-7-5-8-12-21)27(20(2)32-31(33)39-26)30(35)38-19-22-13-9-6-10-14-22/h5-17,26,28H,4,18-19H2,1-3H3/t26-,28+/m0/s1. The third-order valence-corrected chi connectivity index (χ3v) is 8.01. The number of amides is 1. The first kappa shape index (κ1) is 26.6. The molecule has 0 unspecified atom stereocenters. The maximum atomic E-state index is 13.5. The number of benzene rings is 3. The van der Waals surface area contributed by atoms with E-state index in [4.69, 9.17) is 14.2 Å². The van der Waals surface area contributed by atoms with Crippen molar-refractivity contribution in [2.75, 3.05) is 7.11 Å². The van der Waals surface area contributed by atoms with E-state index in [1.54, 1.807) is 18.9 Å². The number of hydrogen-bond acceptors (Lipinski definition) is 7. The smallest absolute Gasteiger partial charge is 0.338 e. The molecule has 2 aliphatic heterocycles. The second-order valence-electron chi connectivity index (χ2n) is 9.27. The second kappa shape index (κ2) is 11.8. The molecule has 1 saturated heterocycles. The number of allylic oxidation sites excluding steroid dienone is 1. The van der Waals surface area contributed by atoms with Crippen molar-refractivity contribution in [1.29, 1.82) is 0 Å². The summed E-state index contributed by atoms with van der Waals surface area (Å²) in [6.45, 7) is 4.26. The van der Waals surface area contributed by atoms with Gasteiger partial charge in [-0.1, -0.05) is 85.4 Å². The Kier molecular flexibility index (Phi) is 8.02. The van der Waals surface area contributed by atoms with Crippen LogP contribution in [0.1, 0.15) is 43.0 Å². The molecule has 0 bridgehead atoms. The summed E-state index contributed by atoms with van der Waals surface area (Å²) >= 11 is 1.43. The van der Waals surface area contributed by atoms with Gasteiger partial charge in [-0.05, 0) is 42.2 Å². The van der Waals surface area contributed by atoms with E-state index in [1.807, 2.05) is 85.8 Å². The molecule has 1 fully saturated rings. The minimum absolute atomic E-state index is 0.0736. The second-order valence-corrected chi connectivity index (χ2v) is 10.4. The Morgan fingerprint density at radius 1 is 0.949 bits per heavy atom. The van der Waals surface area contributed by atoms with Crippen molar-refractivity contribution < 1.29 is 23.8 Å². The first-order chi connectivity index (χ1) is 19.0. The summed E-state index contributed by atoms with van der Waals surface area (Å²) < 4.78 is 17.4. The Labute approximate surface area is 232 Å². The minimum atomic E-state index is -0.700. The van der Waals surface area contributed by atoms with Gasteiger partial charge in [-0.3, -0.25) is 9.69 Å². The maximum absolute atomic E-state index is 13.5. The molecule has 0 spiro atoms. The van der Waals surface area contributed by atoms with Gasteiger partial charge in [-0.2, -0.15) is 0 Å². The van der Waals surface area contributed by atoms with Gasteiger partial charge in [0, 0.05) is 0 Å². The van der Waals surface area contributed by atoms with Crippen LogP contribution >= 0.6 is 11.8 Å². The van der Waals surface area contributed by atoms with E-state index in [-0.39, 0.29) is 17.8 Å². The molecule has 0 radical (unpaired) electrons. The maximum Gasteiger partial charge on any atom is 0.338 e. The van der Waals surface area contributed by atoms with E-state index >= 15 is 0 Å². The minimum Gasteiger partial charge on any atom is -0.493 e. The van der Waals surface area contributed by atoms with Gasteiger partial charge in [0.25, 0.3) is 0 Å². The van der Waals surface area contributed by atoms with Gasteiger partial charge in [-0.15, -0.1) is 0 Å². The number of nitrogens with zero attached hydrogens (tertiary/aromatic N) is 2. The number of fused-ring (bicyclic) bond motifs is 1. The summed E-state index contributed by atoms with van der Waals surface area (Å²) in [5.41, 5.74) is 3.48. The van der Waals surface area contributed by atoms with Crippen molar-refractivity contribution in [2.45, 2.75) is 44.8 Å². The van der Waals surface area contributed by atoms with Crippen molar-refractivity contribution in [1.82, 2.24) is 4.90 Å². The quantitative estimate of drug-likeness (QED) is 0.306. The molecule has 200 valence electrons. The van der Waals surface area contributed by atoms with Crippen LogP contribution in [0.3, 0.4) is 0 Å². The molecule has 0 saturated carbocycles. The fourth-order valence-corrected chi connectivity index (χ4v) is 5.81. The van der Waals surface area contributed by atoms with Crippen LogP contribution in [0.25, 0.3) is 0 Å². The normalized spacial score (nSPS) is 18.5. The Morgan fingerprint density at radius 2 is 1.62 bits per heavy atom. The average molecular weight is 543 g/mol. The zero-order valence-corrected chi connectivity index (χ0v) is 22.9. The highest BCUT2D eigenvalue weighted by molar-refractivity contribution is 8.15. The van der Waals surface area contributed by atoms with Crippen LogP contribution < -0.4 is 9.47 Å². The molecule has 3 aromatic carbocycles. The molecule has 7 nitrogen and oxygen atoms in total. The van der Waals surface area contributed by atoms with E-state index in [0.717, 1.165) is 11.1 Å². The molecule has 39 heavy (non-hydrogen) atoms. The lowest BCUT2D eigenvalue weighted by molar-refractivity contribution is -0.141. The summed E-state index contributed by atoms with van der Waals surface area (Å²) in [7, 11) is 1.57. The number of methoxy groups -OCH3 is 1. The highest BCUT2D eigenvalue weighted by atomic mass is 32.2. The number of ether oxygens (including phenoxy) is 3. The van der Waals surface area contributed by atoms with Crippen molar-refractivity contribution in [2.24, 2.45) is 4.99 Å². The predicted octanol–water partition coefficient (Wildman–Crippen LogP) is 6.06. The van der Waals surface area contributed by atoms with Crippen molar-refractivity contribution in [3.63, 3.8) is 0 Å². The van der Waals surface area contributed by atoms with Gasteiger partial charge in [-0.25, -0.2) is 9.79 Å². The van der Waals surface area contributed by atoms with Crippen molar-refractivity contribution in [3.05, 3.63) is 107 Å². The summed E-state index contributed by atoms with van der Waals surface area (Å²) in [5.74, 6) is 0.492. The molecular formula is C31H30N2O5S. The van der Waals surface area contributed by atoms with Gasteiger partial charge < -0.3 is 14.2 Å². The van der Waals surface area contributed by atoms with Gasteiger partial charge in [0.1, 0.15) is 13.2 Å². The fraction of sp³-hybridized carbons (Fsp3) is 0.258. The molecule has 0 aliphatic carbocycles. The monoisotopic (exact) mass is 542 g/mol. The first-order valence-electron chi connectivity index (χ1n) is 12.8. The van der Waals surface area contributed by atoms with Crippen LogP contribution in [-0.2, 0) is 27.5 Å². The lowest BCUT2D eigenvalue weighted by Gasteiger charge is -2.33. The van der Waals surface area contributed by atoms with E-state index in [1.165, 1.54) is 11.8 Å². The van der Waals surface area contributed by atoms with Crippen LogP contribution in [0.4, 0.5) is 0 Å². The average Bonchev–Trinajstić information content (AvgIpc) is 3.29. The van der Waals surface area contributed by atoms with E-state index in [0.29, 0.717) is 46.5 Å². The number of rotatable bonds is 9. The van der Waals surface area contributed by atoms with E-state index in [2.05, 4.69) is 4.99 Å². The number of carbonyl (C=O) groups is 2. The third kappa shape index (κ3) is 5.56. The molecule has 2 aliphatic rings.